The number of hydrogen-bond acceptors (Lipinski definition) is 4. The number of nitrogens with zero attached hydrogens (tertiary/aromatic N) is 2. The first-order chi connectivity index (χ1) is 10.1. The van der Waals surface area contributed by atoms with E-state index in [0.717, 1.165) is 23.7 Å². The number of rotatable bonds is 0. The highest BCUT2D eigenvalue weighted by Gasteiger charge is 2.36. The van der Waals surface area contributed by atoms with Crippen LogP contribution in [0.1, 0.15) is 32.0 Å². The number of nitrogens with one attached hydrogen (secondary N) is 1. The van der Waals surface area contributed by atoms with Crippen molar-refractivity contribution in [3.8, 4) is 0 Å². The lowest BCUT2D eigenvalue weighted by molar-refractivity contribution is -0.136. The zero-order chi connectivity index (χ0) is 16.3. The summed E-state index contributed by atoms with van der Waals surface area (Å²) >= 11 is 0.931. The molecule has 0 amide bonds. The van der Waals surface area contributed by atoms with Crippen LogP contribution in [-0.2, 0) is 11.6 Å². The van der Waals surface area contributed by atoms with Gasteiger partial charge in [-0.1, -0.05) is 20.8 Å². The van der Waals surface area contributed by atoms with Crippen LogP contribution in [0, 0.1) is 0 Å². The fourth-order valence-corrected chi connectivity index (χ4v) is 3.24. The minimum atomic E-state index is -4.54. The van der Waals surface area contributed by atoms with Gasteiger partial charge >= 0.3 is 6.18 Å². The average molecular weight is 327 g/mol. The quantitative estimate of drug-likeness (QED) is 0.682. The van der Waals surface area contributed by atoms with Crippen molar-refractivity contribution in [1.29, 1.82) is 0 Å². The van der Waals surface area contributed by atoms with Gasteiger partial charge in [-0.2, -0.15) is 13.2 Å². The van der Waals surface area contributed by atoms with E-state index < -0.39 is 22.7 Å². The van der Waals surface area contributed by atoms with E-state index in [1.165, 1.54) is 0 Å². The maximum atomic E-state index is 13.5. The molecule has 0 saturated heterocycles. The van der Waals surface area contributed by atoms with Gasteiger partial charge in [0.1, 0.15) is 9.53 Å². The number of halogens is 3. The van der Waals surface area contributed by atoms with Crippen molar-refractivity contribution in [3.63, 3.8) is 0 Å². The van der Waals surface area contributed by atoms with Crippen LogP contribution in [-0.4, -0.2) is 15.0 Å². The van der Waals surface area contributed by atoms with E-state index in [0.29, 0.717) is 5.69 Å². The molecule has 22 heavy (non-hydrogen) atoms. The van der Waals surface area contributed by atoms with E-state index in [9.17, 15) is 18.0 Å². The highest BCUT2D eigenvalue weighted by atomic mass is 32.1. The van der Waals surface area contributed by atoms with E-state index in [4.69, 9.17) is 0 Å². The van der Waals surface area contributed by atoms with Gasteiger partial charge in [-0.05, 0) is 6.07 Å². The average Bonchev–Trinajstić information content (AvgIpc) is 2.75. The van der Waals surface area contributed by atoms with Crippen LogP contribution in [0.4, 0.5) is 13.2 Å². The summed E-state index contributed by atoms with van der Waals surface area (Å²) in [6.07, 6.45) is -3.44. The van der Waals surface area contributed by atoms with Crippen molar-refractivity contribution < 1.29 is 13.2 Å². The number of thiophene rings is 1. The van der Waals surface area contributed by atoms with Crippen molar-refractivity contribution in [2.45, 2.75) is 32.4 Å². The van der Waals surface area contributed by atoms with Crippen LogP contribution in [0.25, 0.3) is 20.4 Å². The van der Waals surface area contributed by atoms with Crippen molar-refractivity contribution in [1.82, 2.24) is 15.0 Å². The van der Waals surface area contributed by atoms with Crippen molar-refractivity contribution in [2.75, 3.05) is 0 Å². The molecule has 0 aliphatic rings. The van der Waals surface area contributed by atoms with Gasteiger partial charge in [-0.15, -0.1) is 11.3 Å². The maximum Gasteiger partial charge on any atom is 0.417 e. The highest BCUT2D eigenvalue weighted by molar-refractivity contribution is 7.25. The second-order valence-electron chi connectivity index (χ2n) is 5.99. The van der Waals surface area contributed by atoms with E-state index in [1.54, 1.807) is 20.8 Å². The predicted molar refractivity (Wildman–Crippen MR) is 79.2 cm³/mol. The van der Waals surface area contributed by atoms with Gasteiger partial charge in [-0.25, -0.2) is 9.97 Å². The van der Waals surface area contributed by atoms with Crippen LogP contribution >= 0.6 is 11.3 Å². The van der Waals surface area contributed by atoms with Crippen LogP contribution < -0.4 is 5.56 Å². The summed E-state index contributed by atoms with van der Waals surface area (Å²) in [5, 5.41) is -0.105. The Balaban J connectivity index is 2.54. The van der Waals surface area contributed by atoms with Gasteiger partial charge in [0.25, 0.3) is 5.56 Å². The second-order valence-corrected chi connectivity index (χ2v) is 6.99. The predicted octanol–water partition coefficient (Wildman–Crippen LogP) is 3.85. The zero-order valence-electron chi connectivity index (χ0n) is 12.0. The fraction of sp³-hybridized carbons (Fsp3) is 0.357. The molecule has 0 aromatic carbocycles. The van der Waals surface area contributed by atoms with E-state index >= 15 is 0 Å². The summed E-state index contributed by atoms with van der Waals surface area (Å²) in [5.41, 5.74) is -1.42. The number of H-pyrrole nitrogens is 1. The molecule has 3 rings (SSSR count). The van der Waals surface area contributed by atoms with Gasteiger partial charge in [0.15, 0.2) is 0 Å². The van der Waals surface area contributed by atoms with Crippen LogP contribution in [0.2, 0.25) is 0 Å². The van der Waals surface area contributed by atoms with Crippen molar-refractivity contribution in [2.24, 2.45) is 0 Å². The Hall–Kier alpha value is -1.96. The Kier molecular flexibility index (Phi) is 3.07. The summed E-state index contributed by atoms with van der Waals surface area (Å²) in [5.74, 6) is 0. The lowest BCUT2D eigenvalue weighted by Crippen LogP contribution is -2.16. The molecule has 0 atom stereocenters. The maximum absolute atomic E-state index is 13.5. The number of alkyl halides is 3. The summed E-state index contributed by atoms with van der Waals surface area (Å²) < 4.78 is 40.5. The third-order valence-electron chi connectivity index (χ3n) is 3.31. The fourth-order valence-electron chi connectivity index (χ4n) is 2.19. The number of fused-ring (bicyclic) bond motifs is 3. The van der Waals surface area contributed by atoms with Gasteiger partial charge in [0.05, 0.1) is 22.8 Å². The topological polar surface area (TPSA) is 58.6 Å². The summed E-state index contributed by atoms with van der Waals surface area (Å²) in [4.78, 5) is 22.6. The van der Waals surface area contributed by atoms with Gasteiger partial charge in [0, 0.05) is 11.1 Å². The number of aromatic amines is 1. The first-order valence-electron chi connectivity index (χ1n) is 6.47. The van der Waals surface area contributed by atoms with Gasteiger partial charge in [-0.3, -0.25) is 4.79 Å². The molecule has 0 fully saturated rings. The summed E-state index contributed by atoms with van der Waals surface area (Å²) in [6.45, 7) is 5.37. The molecule has 0 saturated carbocycles. The molecule has 0 unspecified atom stereocenters. The molecule has 3 aromatic rings. The van der Waals surface area contributed by atoms with Crippen LogP contribution in [0.15, 0.2) is 17.2 Å². The molecule has 8 heteroatoms. The Morgan fingerprint density at radius 1 is 1.23 bits per heavy atom. The molecule has 0 aliphatic heterocycles. The van der Waals surface area contributed by atoms with Crippen LogP contribution in [0.5, 0.6) is 0 Å². The highest BCUT2D eigenvalue weighted by Crippen LogP contribution is 2.41. The van der Waals surface area contributed by atoms with Gasteiger partial charge < -0.3 is 4.98 Å². The molecule has 3 aromatic heterocycles. The lowest BCUT2D eigenvalue weighted by Gasteiger charge is -2.19. The monoisotopic (exact) mass is 327 g/mol. The first-order valence-corrected chi connectivity index (χ1v) is 7.29. The summed E-state index contributed by atoms with van der Waals surface area (Å²) in [6, 6.07) is 1.05. The molecule has 1 N–H and O–H groups in total. The van der Waals surface area contributed by atoms with E-state index in [1.807, 2.05) is 0 Å². The standard InChI is InChI=1S/C14H12F3N3OS/c1-13(2,3)7-4-6(14(15,16)17)8-9-10(22-12(8)20-7)11(21)19-5-18-9/h4-5H,1-3H3,(H,18,19,21). The van der Waals surface area contributed by atoms with Crippen molar-refractivity contribution >= 4 is 31.8 Å². The van der Waals surface area contributed by atoms with E-state index in [2.05, 4.69) is 15.0 Å². The van der Waals surface area contributed by atoms with Crippen LogP contribution in [0.3, 0.4) is 0 Å². The second kappa shape index (κ2) is 4.52. The number of hydrogen-bond donors (Lipinski definition) is 1. The molecular weight excluding hydrogens is 315 g/mol. The SMILES string of the molecule is CC(C)(C)c1cc(C(F)(F)F)c2c(n1)sc1c(=O)[nH]cnc12. The molecule has 0 bridgehead atoms. The molecule has 116 valence electrons. The lowest BCUT2D eigenvalue weighted by atomic mass is 9.90. The smallest absolute Gasteiger partial charge is 0.312 e. The zero-order valence-corrected chi connectivity index (χ0v) is 12.8. The third-order valence-corrected chi connectivity index (χ3v) is 4.38. The minimum absolute atomic E-state index is 0.0454. The molecule has 3 heterocycles. The molecule has 0 spiro atoms. The largest absolute Gasteiger partial charge is 0.417 e. The summed E-state index contributed by atoms with van der Waals surface area (Å²) in [7, 11) is 0. The number of aromatic nitrogens is 3. The minimum Gasteiger partial charge on any atom is -0.312 e. The molecular formula is C14H12F3N3OS. The molecule has 4 nitrogen and oxygen atoms in total. The Morgan fingerprint density at radius 2 is 1.91 bits per heavy atom. The van der Waals surface area contributed by atoms with E-state index in [-0.39, 0.29) is 20.4 Å². The van der Waals surface area contributed by atoms with Crippen molar-refractivity contribution in [3.05, 3.63) is 34.0 Å². The molecule has 0 aliphatic carbocycles. The number of pyridine rings is 1. The first kappa shape index (κ1) is 15.0. The molecule has 0 radical (unpaired) electrons. The Morgan fingerprint density at radius 3 is 2.50 bits per heavy atom. The van der Waals surface area contributed by atoms with Gasteiger partial charge in [0.2, 0.25) is 0 Å². The normalized spacial score (nSPS) is 13.2. The Bertz CT molecular complexity index is 935. The third kappa shape index (κ3) is 2.27. The Labute approximate surface area is 127 Å².